The van der Waals surface area contributed by atoms with Gasteiger partial charge in [0.25, 0.3) is 0 Å². The third-order valence-electron chi connectivity index (χ3n) is 29.2. The van der Waals surface area contributed by atoms with Crippen LogP contribution in [0.25, 0.3) is 0 Å². The molecule has 0 saturated heterocycles. The van der Waals surface area contributed by atoms with Crippen LogP contribution in [0.5, 0.6) is 0 Å². The van der Waals surface area contributed by atoms with Gasteiger partial charge in [0, 0.05) is 24.9 Å². The number of carbonyl (C=O) groups is 6. The summed E-state index contributed by atoms with van der Waals surface area (Å²) in [5.74, 6) is -0.230. The lowest BCUT2D eigenvalue weighted by molar-refractivity contribution is -0.250. The van der Waals surface area contributed by atoms with Gasteiger partial charge in [-0.1, -0.05) is 93.5 Å². The zero-order valence-corrected chi connectivity index (χ0v) is 56.9. The molecular formula is C72H115N5O12. The number of nitrogens with one attached hydrogen (secondary N) is 1. The second-order valence-electron chi connectivity index (χ2n) is 33.5. The van der Waals surface area contributed by atoms with Gasteiger partial charge < -0.3 is 46.3 Å². The van der Waals surface area contributed by atoms with E-state index in [1.165, 1.54) is 16.0 Å². The molecule has 0 radical (unpaired) electrons. The number of aliphatic imine (C=N–C) groups is 1. The molecule has 20 atom stereocenters. The third-order valence-corrected chi connectivity index (χ3v) is 29.2. The van der Waals surface area contributed by atoms with Crippen molar-refractivity contribution in [2.24, 2.45) is 130 Å². The van der Waals surface area contributed by atoms with Gasteiger partial charge in [0.1, 0.15) is 12.2 Å². The zero-order chi connectivity index (χ0) is 66.4. The number of hydrogen-bond acceptors (Lipinski definition) is 9. The average molecular weight is 1240 g/mol. The topological polar surface area (TPSA) is 293 Å². The van der Waals surface area contributed by atoms with Crippen LogP contribution in [0.15, 0.2) is 29.3 Å². The standard InChI is InChI=1S/2C34H52O6.C4H11N5/c2*1-20(2)21-12-17-34(29(38)39)19-18-32(6)22(28(21)34)8-9-24-31(5)15-14-25(40-27(37)11-10-26(35)36)30(3,4)23(31)13-16-33(24,32)7;1-9(2)4(7)8-3(5)6/h2*21-25,28H,1,8-19H2,2-7H3,(H,35,36)(H,38,39);1-2H3,(H5,5,6,7,8)/t2*21-,22+,23-,24+,25-,28+,31-,32+,33+,34-;/m00./s1. The number of allylic oxidation sites excluding steroid dienone is 2. The van der Waals surface area contributed by atoms with Crippen LogP contribution < -0.4 is 11.5 Å². The van der Waals surface area contributed by atoms with Crippen molar-refractivity contribution >= 4 is 47.7 Å². The van der Waals surface area contributed by atoms with E-state index in [1.54, 1.807) is 14.1 Å². The molecule has 10 rings (SSSR count). The molecule has 0 spiro atoms. The fourth-order valence-corrected chi connectivity index (χ4v) is 24.5. The highest BCUT2D eigenvalue weighted by Crippen LogP contribution is 2.80. The Labute approximate surface area is 532 Å². The summed E-state index contributed by atoms with van der Waals surface area (Å²) in [5.41, 5.74) is 11.5. The van der Waals surface area contributed by atoms with Gasteiger partial charge in [-0.15, -0.1) is 0 Å². The van der Waals surface area contributed by atoms with Crippen LogP contribution in [0, 0.1) is 119 Å². The van der Waals surface area contributed by atoms with Crippen LogP contribution in [0.1, 0.15) is 237 Å². The number of nitrogens with two attached hydrogens (primary N) is 2. The molecule has 0 aliphatic heterocycles. The highest BCUT2D eigenvalue weighted by molar-refractivity contribution is 5.91. The minimum atomic E-state index is -0.974. The number of aliphatic carboxylic acids is 4. The van der Waals surface area contributed by atoms with Crippen molar-refractivity contribution in [3.63, 3.8) is 0 Å². The lowest BCUT2D eigenvalue weighted by atomic mass is 9.32. The highest BCUT2D eigenvalue weighted by Gasteiger charge is 2.74. The summed E-state index contributed by atoms with van der Waals surface area (Å²) in [4.78, 5) is 77.7. The van der Waals surface area contributed by atoms with Crippen molar-refractivity contribution in [3.8, 4) is 0 Å². The maximum absolute atomic E-state index is 12.9. The first-order valence-corrected chi connectivity index (χ1v) is 34.1. The van der Waals surface area contributed by atoms with E-state index >= 15 is 0 Å². The molecule has 10 aliphatic rings. The van der Waals surface area contributed by atoms with Crippen LogP contribution in [0.4, 0.5) is 0 Å². The summed E-state index contributed by atoms with van der Waals surface area (Å²) in [6.07, 6.45) is 18.7. The maximum atomic E-state index is 12.9. The zero-order valence-electron chi connectivity index (χ0n) is 56.9. The Morgan fingerprint density at radius 2 is 0.843 bits per heavy atom. The summed E-state index contributed by atoms with van der Waals surface area (Å²) < 4.78 is 11.9. The number of carbonyl (C=O) groups excluding carboxylic acids is 2. The predicted octanol–water partition coefficient (Wildman–Crippen LogP) is 13.8. The van der Waals surface area contributed by atoms with Crippen molar-refractivity contribution in [2.75, 3.05) is 14.1 Å². The lowest BCUT2D eigenvalue weighted by Gasteiger charge is -2.72. The molecule has 10 aliphatic carbocycles. The fourth-order valence-electron chi connectivity index (χ4n) is 24.5. The first-order valence-electron chi connectivity index (χ1n) is 34.1. The number of fused-ring (bicyclic) bond motifs is 14. The molecule has 500 valence electrons. The smallest absolute Gasteiger partial charge is 0.309 e. The molecule has 17 nitrogen and oxygen atoms in total. The van der Waals surface area contributed by atoms with Crippen LogP contribution in [-0.4, -0.2) is 99.4 Å². The Balaban J connectivity index is 0.000000202. The van der Waals surface area contributed by atoms with Crippen molar-refractivity contribution in [3.05, 3.63) is 24.3 Å². The second kappa shape index (κ2) is 24.5. The summed E-state index contributed by atoms with van der Waals surface area (Å²) in [6.45, 7) is 37.1. The molecule has 89 heavy (non-hydrogen) atoms. The number of carboxylic acids is 4. The summed E-state index contributed by atoms with van der Waals surface area (Å²) in [6, 6.07) is 0. The Hall–Kier alpha value is -4.96. The van der Waals surface area contributed by atoms with Crippen molar-refractivity contribution < 1.29 is 58.7 Å². The van der Waals surface area contributed by atoms with Gasteiger partial charge in [-0.2, -0.15) is 4.99 Å². The number of rotatable bonds is 12. The second-order valence-corrected chi connectivity index (χ2v) is 33.5. The van der Waals surface area contributed by atoms with Crippen LogP contribution in [-0.2, 0) is 38.2 Å². The first kappa shape index (κ1) is 69.9. The highest BCUT2D eigenvalue weighted by atomic mass is 16.5. The molecule has 0 amide bonds. The molecule has 10 saturated carbocycles. The molecule has 0 aromatic heterocycles. The van der Waals surface area contributed by atoms with Gasteiger partial charge in [0.2, 0.25) is 5.96 Å². The van der Waals surface area contributed by atoms with Gasteiger partial charge in [0.15, 0.2) is 5.96 Å². The van der Waals surface area contributed by atoms with Crippen LogP contribution in [0.2, 0.25) is 0 Å². The van der Waals surface area contributed by atoms with Crippen molar-refractivity contribution in [1.82, 2.24) is 4.90 Å². The Bertz CT molecular complexity index is 2670. The van der Waals surface area contributed by atoms with Crippen molar-refractivity contribution in [2.45, 2.75) is 249 Å². The summed E-state index contributed by atoms with van der Waals surface area (Å²) >= 11 is 0. The van der Waals surface area contributed by atoms with E-state index in [4.69, 9.17) is 36.6 Å². The number of hydrogen-bond donors (Lipinski definition) is 7. The van der Waals surface area contributed by atoms with E-state index in [1.807, 2.05) is 0 Å². The quantitative estimate of drug-likeness (QED) is 0.0414. The van der Waals surface area contributed by atoms with E-state index in [9.17, 15) is 39.0 Å². The van der Waals surface area contributed by atoms with Gasteiger partial charge in [-0.3, -0.25) is 34.2 Å². The molecule has 0 aromatic rings. The summed E-state index contributed by atoms with van der Waals surface area (Å²) in [5, 5.41) is 46.2. The number of guanidine groups is 2. The van der Waals surface area contributed by atoms with E-state index in [2.05, 4.69) is 101 Å². The molecule has 10 fully saturated rings. The molecule has 9 N–H and O–H groups in total. The largest absolute Gasteiger partial charge is 0.481 e. The minimum Gasteiger partial charge on any atom is -0.481 e. The molecule has 17 heteroatoms. The first-order chi connectivity index (χ1) is 41.1. The minimum absolute atomic E-state index is 0.0509. The van der Waals surface area contributed by atoms with Gasteiger partial charge in [-0.25, -0.2) is 0 Å². The molecule has 0 aromatic carbocycles. The molecule has 0 heterocycles. The van der Waals surface area contributed by atoms with Crippen LogP contribution >= 0.6 is 0 Å². The van der Waals surface area contributed by atoms with E-state index in [0.717, 1.165) is 128 Å². The van der Waals surface area contributed by atoms with Crippen LogP contribution in [0.3, 0.4) is 0 Å². The monoisotopic (exact) mass is 1240 g/mol. The maximum Gasteiger partial charge on any atom is 0.309 e. The van der Waals surface area contributed by atoms with E-state index < -0.39 is 46.6 Å². The van der Waals surface area contributed by atoms with E-state index in [-0.39, 0.29) is 105 Å². The number of ether oxygens (including phenoxy) is 2. The van der Waals surface area contributed by atoms with Gasteiger partial charge in [0.05, 0.1) is 36.5 Å². The van der Waals surface area contributed by atoms with Crippen molar-refractivity contribution in [1.29, 1.82) is 5.41 Å². The number of nitrogens with zero attached hydrogens (tertiary/aromatic N) is 2. The van der Waals surface area contributed by atoms with Gasteiger partial charge in [-0.05, 0) is 234 Å². The molecule has 0 bridgehead atoms. The van der Waals surface area contributed by atoms with Gasteiger partial charge >= 0.3 is 35.8 Å². The predicted molar refractivity (Wildman–Crippen MR) is 344 cm³/mol. The summed E-state index contributed by atoms with van der Waals surface area (Å²) in [7, 11) is 3.38. The third kappa shape index (κ3) is 11.4. The van der Waals surface area contributed by atoms with E-state index in [0.29, 0.717) is 47.3 Å². The Morgan fingerprint density at radius 1 is 0.483 bits per heavy atom. The average Bonchev–Trinajstić information content (AvgIpc) is 1.69. The lowest BCUT2D eigenvalue weighted by Crippen LogP contribution is -2.67. The number of esters is 2. The normalized spacial score (nSPS) is 43.2. The SMILES string of the molecule is C=C(C)[C@@H]1CC[C@]2(C(=O)O)CC[C@]3(C)[C@H](CC[C@@H]4[C@@]5(C)CC[C@H](OC(=O)CCC(=O)O)C(C)(C)[C@@H]5CC[C@]43C)[C@@H]12.C=C(C)[C@@H]1CC[C@]2(C(=O)O)CC[C@]3(C)[C@H](CC[C@@H]4[C@@]5(C)CC[C@H](OC(=O)CCC(=O)O)C(C)(C)[C@@H]5CC[C@]43C)[C@@H]12.CN(C)C(=N)N=C(N)N. The number of carboxylic acid groups (broad SMARTS) is 4. The Morgan fingerprint density at radius 3 is 1.13 bits per heavy atom. The fraction of sp³-hybridized carbons (Fsp3) is 0.833. The Kier molecular flexibility index (Phi) is 19.2. The molecular weight excluding hydrogens is 1130 g/mol. The molecule has 0 unspecified atom stereocenters.